The highest BCUT2D eigenvalue weighted by Crippen LogP contribution is 2.39. The summed E-state index contributed by atoms with van der Waals surface area (Å²) < 4.78 is 32.6. The molecule has 1 heterocycles. The van der Waals surface area contributed by atoms with E-state index in [0.29, 0.717) is 16.9 Å². The molecule has 0 unspecified atom stereocenters. The third-order valence-electron chi connectivity index (χ3n) is 3.81. The van der Waals surface area contributed by atoms with Gasteiger partial charge in [0.25, 0.3) is 5.91 Å². The molecule has 0 bridgehead atoms. The topological polar surface area (TPSA) is 137 Å². The number of nitrogens with two attached hydrogens (primary N) is 1. The lowest BCUT2D eigenvalue weighted by molar-refractivity contribution is -0.110. The fourth-order valence-electron chi connectivity index (χ4n) is 2.57. The Morgan fingerprint density at radius 1 is 1.21 bits per heavy atom. The first kappa shape index (κ1) is 19.4. The van der Waals surface area contributed by atoms with Crippen LogP contribution >= 0.6 is 0 Å². The molecule has 0 aliphatic carbocycles. The summed E-state index contributed by atoms with van der Waals surface area (Å²) in [6.45, 7) is 1.81. The number of carbonyl (C=O) groups is 2. The van der Waals surface area contributed by atoms with Crippen molar-refractivity contribution < 1.29 is 27.5 Å². The SMILES string of the molecule is CCOC(=O)Oc1cccc2c1C(=CNc1ccc(S(N)(=O)=O)cc1)C(=O)N2. The zero-order valence-electron chi connectivity index (χ0n) is 14.8. The predicted molar refractivity (Wildman–Crippen MR) is 102 cm³/mol. The van der Waals surface area contributed by atoms with E-state index >= 15 is 0 Å². The number of nitrogens with one attached hydrogen (secondary N) is 2. The third kappa shape index (κ3) is 4.13. The van der Waals surface area contributed by atoms with Gasteiger partial charge >= 0.3 is 6.16 Å². The second-order valence-electron chi connectivity index (χ2n) is 5.69. The molecule has 1 aliphatic heterocycles. The number of anilines is 2. The Hall–Kier alpha value is -3.37. The van der Waals surface area contributed by atoms with Gasteiger partial charge in [-0.2, -0.15) is 0 Å². The van der Waals surface area contributed by atoms with Crippen molar-refractivity contribution in [2.45, 2.75) is 11.8 Å². The highest BCUT2D eigenvalue weighted by molar-refractivity contribution is 7.89. The summed E-state index contributed by atoms with van der Waals surface area (Å²) in [5.41, 5.74) is 1.67. The summed E-state index contributed by atoms with van der Waals surface area (Å²) in [6.07, 6.45) is 0.562. The van der Waals surface area contributed by atoms with E-state index in [1.54, 1.807) is 25.1 Å². The molecule has 146 valence electrons. The average molecular weight is 403 g/mol. The van der Waals surface area contributed by atoms with E-state index in [-0.39, 0.29) is 28.7 Å². The molecule has 2 aromatic carbocycles. The van der Waals surface area contributed by atoms with Gasteiger partial charge in [0.1, 0.15) is 5.75 Å². The van der Waals surface area contributed by atoms with Crippen LogP contribution in [0.4, 0.5) is 16.2 Å². The summed E-state index contributed by atoms with van der Waals surface area (Å²) in [4.78, 5) is 23.9. The van der Waals surface area contributed by atoms with Crippen molar-refractivity contribution in [3.8, 4) is 5.75 Å². The zero-order chi connectivity index (χ0) is 20.3. The quantitative estimate of drug-likeness (QED) is 0.396. The Morgan fingerprint density at radius 2 is 1.93 bits per heavy atom. The maximum atomic E-state index is 12.3. The van der Waals surface area contributed by atoms with Crippen LogP contribution in [0.15, 0.2) is 53.6 Å². The van der Waals surface area contributed by atoms with Crippen molar-refractivity contribution in [2.24, 2.45) is 5.14 Å². The van der Waals surface area contributed by atoms with Crippen molar-refractivity contribution in [3.05, 3.63) is 54.2 Å². The summed E-state index contributed by atoms with van der Waals surface area (Å²) in [5, 5.41) is 10.7. The molecule has 2 aromatic rings. The smallest absolute Gasteiger partial charge is 0.434 e. The van der Waals surface area contributed by atoms with E-state index in [9.17, 15) is 18.0 Å². The monoisotopic (exact) mass is 403 g/mol. The first-order valence-corrected chi connectivity index (χ1v) is 9.73. The van der Waals surface area contributed by atoms with E-state index < -0.39 is 16.2 Å². The molecule has 0 fully saturated rings. The van der Waals surface area contributed by atoms with Crippen molar-refractivity contribution in [1.82, 2.24) is 0 Å². The van der Waals surface area contributed by atoms with Gasteiger partial charge in [0.2, 0.25) is 10.0 Å². The molecule has 1 amide bonds. The number of fused-ring (bicyclic) bond motifs is 1. The third-order valence-corrected chi connectivity index (χ3v) is 4.74. The minimum atomic E-state index is -3.79. The second-order valence-corrected chi connectivity index (χ2v) is 7.25. The van der Waals surface area contributed by atoms with Gasteiger partial charge < -0.3 is 20.1 Å². The first-order valence-electron chi connectivity index (χ1n) is 8.18. The molecular formula is C18H17N3O6S. The van der Waals surface area contributed by atoms with Crippen LogP contribution in [0.3, 0.4) is 0 Å². The van der Waals surface area contributed by atoms with Gasteiger partial charge in [-0.1, -0.05) is 6.07 Å². The molecule has 0 radical (unpaired) electrons. The lowest BCUT2D eigenvalue weighted by atomic mass is 10.1. The van der Waals surface area contributed by atoms with E-state index in [4.69, 9.17) is 14.6 Å². The number of benzene rings is 2. The molecule has 0 aromatic heterocycles. The van der Waals surface area contributed by atoms with Gasteiger partial charge in [0.05, 0.1) is 28.3 Å². The van der Waals surface area contributed by atoms with Gasteiger partial charge in [-0.05, 0) is 43.3 Å². The van der Waals surface area contributed by atoms with E-state index in [2.05, 4.69) is 10.6 Å². The van der Waals surface area contributed by atoms with Crippen LogP contribution in [0, 0.1) is 0 Å². The number of sulfonamides is 1. The molecule has 0 atom stereocenters. The number of rotatable bonds is 5. The highest BCUT2D eigenvalue weighted by Gasteiger charge is 2.28. The van der Waals surface area contributed by atoms with Gasteiger partial charge in [0.15, 0.2) is 0 Å². The Kier molecular flexibility index (Phi) is 5.34. The van der Waals surface area contributed by atoms with E-state index in [0.717, 1.165) is 0 Å². The van der Waals surface area contributed by atoms with Crippen LogP contribution in [-0.4, -0.2) is 27.1 Å². The minimum absolute atomic E-state index is 0.0280. The minimum Gasteiger partial charge on any atom is -0.434 e. The summed E-state index contributed by atoms with van der Waals surface area (Å²) in [7, 11) is -3.79. The molecule has 0 saturated heterocycles. The highest BCUT2D eigenvalue weighted by atomic mass is 32.2. The maximum Gasteiger partial charge on any atom is 0.513 e. The summed E-state index contributed by atoms with van der Waals surface area (Å²) in [5.74, 6) is -0.213. The largest absolute Gasteiger partial charge is 0.513 e. The summed E-state index contributed by atoms with van der Waals surface area (Å²) >= 11 is 0. The molecule has 9 nitrogen and oxygen atoms in total. The van der Waals surface area contributed by atoms with Gasteiger partial charge in [-0.15, -0.1) is 0 Å². The fraction of sp³-hybridized carbons (Fsp3) is 0.111. The van der Waals surface area contributed by atoms with Crippen LogP contribution in [-0.2, 0) is 19.6 Å². The maximum absolute atomic E-state index is 12.3. The Bertz CT molecular complexity index is 1060. The van der Waals surface area contributed by atoms with Gasteiger partial charge in [0, 0.05) is 11.9 Å². The second kappa shape index (κ2) is 7.71. The number of hydrogen-bond donors (Lipinski definition) is 3. The molecule has 0 saturated carbocycles. The molecule has 28 heavy (non-hydrogen) atoms. The number of carbonyl (C=O) groups excluding carboxylic acids is 2. The van der Waals surface area contributed by atoms with Crippen molar-refractivity contribution in [1.29, 1.82) is 0 Å². The van der Waals surface area contributed by atoms with Crippen LogP contribution < -0.4 is 20.5 Å². The Balaban J connectivity index is 1.88. The lowest BCUT2D eigenvalue weighted by Gasteiger charge is -2.09. The van der Waals surface area contributed by atoms with Crippen LogP contribution in [0.25, 0.3) is 5.57 Å². The van der Waals surface area contributed by atoms with Gasteiger partial charge in [-0.25, -0.2) is 18.4 Å². The van der Waals surface area contributed by atoms with Crippen LogP contribution in [0.5, 0.6) is 5.75 Å². The first-order chi connectivity index (χ1) is 13.3. The Morgan fingerprint density at radius 3 is 2.57 bits per heavy atom. The lowest BCUT2D eigenvalue weighted by Crippen LogP contribution is -2.12. The average Bonchev–Trinajstić information content (AvgIpc) is 2.96. The normalized spacial score (nSPS) is 14.4. The zero-order valence-corrected chi connectivity index (χ0v) is 15.6. The predicted octanol–water partition coefficient (Wildman–Crippen LogP) is 2.27. The van der Waals surface area contributed by atoms with E-state index in [1.165, 1.54) is 30.5 Å². The molecular weight excluding hydrogens is 386 g/mol. The van der Waals surface area contributed by atoms with Crippen molar-refractivity contribution in [2.75, 3.05) is 17.2 Å². The number of amides is 1. The van der Waals surface area contributed by atoms with Gasteiger partial charge in [-0.3, -0.25) is 4.79 Å². The van der Waals surface area contributed by atoms with Crippen LogP contribution in [0.2, 0.25) is 0 Å². The molecule has 10 heteroatoms. The standard InChI is InChI=1S/C18H17N3O6S/c1-2-26-18(23)27-15-5-3-4-14-16(15)13(17(22)21-14)10-20-11-6-8-12(9-7-11)28(19,24)25/h3-10,20H,2H2,1H3,(H,21,22)(H2,19,24,25). The number of ether oxygens (including phenoxy) is 2. The molecule has 3 rings (SSSR count). The van der Waals surface area contributed by atoms with Crippen LogP contribution in [0.1, 0.15) is 12.5 Å². The molecule has 1 aliphatic rings. The summed E-state index contributed by atoms with van der Waals surface area (Å²) in [6, 6.07) is 10.5. The van der Waals surface area contributed by atoms with Crippen molar-refractivity contribution >= 4 is 39.0 Å². The number of hydrogen-bond acceptors (Lipinski definition) is 7. The number of primary sulfonamides is 1. The van der Waals surface area contributed by atoms with Crippen molar-refractivity contribution in [3.63, 3.8) is 0 Å². The fourth-order valence-corrected chi connectivity index (χ4v) is 3.09. The molecule has 0 spiro atoms. The molecule has 4 N–H and O–H groups in total. The van der Waals surface area contributed by atoms with E-state index in [1.807, 2.05) is 0 Å². The Labute approximate surface area is 161 Å².